The van der Waals surface area contributed by atoms with Crippen LogP contribution in [0.4, 0.5) is 16.5 Å². The van der Waals surface area contributed by atoms with Crippen molar-refractivity contribution in [1.82, 2.24) is 4.98 Å². The van der Waals surface area contributed by atoms with Crippen molar-refractivity contribution in [2.45, 2.75) is 37.1 Å². The lowest BCUT2D eigenvalue weighted by Gasteiger charge is -2.36. The van der Waals surface area contributed by atoms with Crippen LogP contribution in [-0.4, -0.2) is 38.4 Å². The minimum Gasteiger partial charge on any atom is -0.359 e. The van der Waals surface area contributed by atoms with Gasteiger partial charge in [-0.2, -0.15) is 0 Å². The van der Waals surface area contributed by atoms with Crippen molar-refractivity contribution in [3.8, 4) is 0 Å². The molecule has 5 rings (SSSR count). The van der Waals surface area contributed by atoms with Crippen molar-refractivity contribution < 1.29 is 13.2 Å². The third-order valence-electron chi connectivity index (χ3n) is 6.12. The molecular formula is C23H24N4O3S2. The maximum Gasteiger partial charge on any atom is 0.263 e. The third-order valence-corrected chi connectivity index (χ3v) is 8.29. The Hall–Kier alpha value is -2.91. The van der Waals surface area contributed by atoms with E-state index in [2.05, 4.69) is 39.7 Å². The van der Waals surface area contributed by atoms with Gasteiger partial charge in [-0.25, -0.2) is 13.4 Å². The molecule has 0 radical (unpaired) electrons. The van der Waals surface area contributed by atoms with Crippen LogP contribution in [0.2, 0.25) is 0 Å². The largest absolute Gasteiger partial charge is 0.359 e. The molecule has 0 saturated carbocycles. The molecule has 7 nitrogen and oxygen atoms in total. The number of amides is 1. The Labute approximate surface area is 191 Å². The van der Waals surface area contributed by atoms with E-state index in [1.165, 1.54) is 40.3 Å². The summed E-state index contributed by atoms with van der Waals surface area (Å²) in [6, 6.07) is 12.6. The van der Waals surface area contributed by atoms with Crippen LogP contribution in [-0.2, 0) is 21.2 Å². The van der Waals surface area contributed by atoms with Gasteiger partial charge in [-0.15, -0.1) is 11.3 Å². The zero-order valence-corrected chi connectivity index (χ0v) is 19.3. The highest BCUT2D eigenvalue weighted by atomic mass is 32.2. The fraction of sp³-hybridized carbons (Fsp3) is 0.304. The number of hydrogen-bond donors (Lipinski definition) is 1. The van der Waals surface area contributed by atoms with Gasteiger partial charge < -0.3 is 9.80 Å². The molecule has 0 aliphatic carbocycles. The summed E-state index contributed by atoms with van der Waals surface area (Å²) in [6.07, 6.45) is 4.38. The molecule has 3 heterocycles. The molecule has 0 bridgehead atoms. The Bertz CT molecular complexity index is 1240. The van der Waals surface area contributed by atoms with E-state index in [-0.39, 0.29) is 16.8 Å². The van der Waals surface area contributed by atoms with Gasteiger partial charge in [-0.3, -0.25) is 9.52 Å². The van der Waals surface area contributed by atoms with Crippen LogP contribution in [0.3, 0.4) is 0 Å². The van der Waals surface area contributed by atoms with Crippen LogP contribution >= 0.6 is 11.3 Å². The summed E-state index contributed by atoms with van der Waals surface area (Å²) in [7, 11) is -3.72. The molecule has 1 saturated heterocycles. The fourth-order valence-electron chi connectivity index (χ4n) is 4.66. The average Bonchev–Trinajstić information content (AvgIpc) is 3.43. The number of aryl methyl sites for hydroxylation is 2. The second kappa shape index (κ2) is 8.22. The molecule has 1 fully saturated rings. The van der Waals surface area contributed by atoms with E-state index >= 15 is 0 Å². The number of fused-ring (bicyclic) bond motifs is 1. The molecular weight excluding hydrogens is 444 g/mol. The van der Waals surface area contributed by atoms with Gasteiger partial charge in [-0.05, 0) is 61.6 Å². The van der Waals surface area contributed by atoms with Crippen molar-refractivity contribution >= 4 is 43.8 Å². The molecule has 2 aromatic carbocycles. The smallest absolute Gasteiger partial charge is 0.263 e. The number of rotatable bonds is 5. The van der Waals surface area contributed by atoms with Crippen molar-refractivity contribution in [2.75, 3.05) is 27.6 Å². The molecule has 9 heteroatoms. The van der Waals surface area contributed by atoms with Gasteiger partial charge >= 0.3 is 0 Å². The number of anilines is 3. The minimum atomic E-state index is -3.72. The second-order valence-corrected chi connectivity index (χ2v) is 10.7. The monoisotopic (exact) mass is 468 g/mol. The van der Waals surface area contributed by atoms with Crippen LogP contribution in [0.15, 0.2) is 58.9 Å². The van der Waals surface area contributed by atoms with Gasteiger partial charge in [0.05, 0.1) is 4.90 Å². The lowest BCUT2D eigenvalue weighted by Crippen LogP contribution is -2.44. The standard InChI is InChI=1S/C23H24N4O3S2/c1-16-4-2-5-17-6-3-13-27(21(16)17)20-11-14-26(22(20)28)18-7-9-19(10-8-18)32(29,30)25-23-24-12-15-31-23/h2,4-5,7-10,12,15,20H,3,6,11,13-14H2,1H3,(H,24,25)/t20-/m1/s1. The molecule has 0 spiro atoms. The minimum absolute atomic E-state index is 0.0672. The lowest BCUT2D eigenvalue weighted by atomic mass is 9.96. The highest BCUT2D eigenvalue weighted by molar-refractivity contribution is 7.93. The predicted octanol–water partition coefficient (Wildman–Crippen LogP) is 3.81. The Morgan fingerprint density at radius 2 is 1.94 bits per heavy atom. The van der Waals surface area contributed by atoms with Gasteiger partial charge in [0.25, 0.3) is 10.0 Å². The number of nitrogens with one attached hydrogen (secondary N) is 1. The van der Waals surface area contributed by atoms with Gasteiger partial charge in [0.15, 0.2) is 5.13 Å². The van der Waals surface area contributed by atoms with Crippen LogP contribution < -0.4 is 14.5 Å². The van der Waals surface area contributed by atoms with Crippen molar-refractivity contribution in [3.63, 3.8) is 0 Å². The maximum atomic E-state index is 13.4. The van der Waals surface area contributed by atoms with E-state index in [4.69, 9.17) is 0 Å². The number of nitrogens with zero attached hydrogens (tertiary/aromatic N) is 3. The maximum absolute atomic E-state index is 13.4. The zero-order valence-electron chi connectivity index (χ0n) is 17.7. The number of carbonyl (C=O) groups is 1. The highest BCUT2D eigenvalue weighted by Gasteiger charge is 2.38. The summed E-state index contributed by atoms with van der Waals surface area (Å²) < 4.78 is 27.6. The molecule has 3 aromatic rings. The first-order valence-electron chi connectivity index (χ1n) is 10.6. The van der Waals surface area contributed by atoms with Crippen molar-refractivity contribution in [2.24, 2.45) is 0 Å². The van der Waals surface area contributed by atoms with Gasteiger partial charge in [0.1, 0.15) is 6.04 Å². The van der Waals surface area contributed by atoms with Gasteiger partial charge in [-0.1, -0.05) is 18.2 Å². The van der Waals surface area contributed by atoms with E-state index in [0.29, 0.717) is 17.4 Å². The summed E-state index contributed by atoms with van der Waals surface area (Å²) in [6.45, 7) is 3.60. The number of hydrogen-bond acceptors (Lipinski definition) is 6. The van der Waals surface area contributed by atoms with E-state index in [1.54, 1.807) is 28.6 Å². The molecule has 32 heavy (non-hydrogen) atoms. The van der Waals surface area contributed by atoms with E-state index < -0.39 is 10.0 Å². The quantitative estimate of drug-likeness (QED) is 0.616. The number of sulfonamides is 1. The topological polar surface area (TPSA) is 82.6 Å². The first-order valence-corrected chi connectivity index (χ1v) is 13.0. The first-order chi connectivity index (χ1) is 15.4. The molecule has 166 valence electrons. The highest BCUT2D eigenvalue weighted by Crippen LogP contribution is 2.35. The predicted molar refractivity (Wildman–Crippen MR) is 127 cm³/mol. The fourth-order valence-corrected chi connectivity index (χ4v) is 6.45. The molecule has 1 aromatic heterocycles. The number of para-hydroxylation sites is 1. The molecule has 1 atom stereocenters. The summed E-state index contributed by atoms with van der Waals surface area (Å²) in [4.78, 5) is 21.5. The summed E-state index contributed by atoms with van der Waals surface area (Å²) >= 11 is 1.22. The van der Waals surface area contributed by atoms with Crippen LogP contribution in [0, 0.1) is 6.92 Å². The number of thiazole rings is 1. The zero-order chi connectivity index (χ0) is 22.3. The molecule has 1 N–H and O–H groups in total. The van der Waals surface area contributed by atoms with Crippen LogP contribution in [0.1, 0.15) is 24.0 Å². The Kier molecular flexibility index (Phi) is 5.38. The van der Waals surface area contributed by atoms with E-state index in [1.807, 2.05) is 0 Å². The summed E-state index contributed by atoms with van der Waals surface area (Å²) in [5, 5.41) is 2.03. The number of aromatic nitrogens is 1. The Morgan fingerprint density at radius 1 is 1.12 bits per heavy atom. The molecule has 0 unspecified atom stereocenters. The third kappa shape index (κ3) is 3.75. The van der Waals surface area contributed by atoms with Crippen LogP contribution in [0.25, 0.3) is 0 Å². The summed E-state index contributed by atoms with van der Waals surface area (Å²) in [5.74, 6) is 0.0672. The Balaban J connectivity index is 1.35. The average molecular weight is 469 g/mol. The van der Waals surface area contributed by atoms with Crippen LogP contribution in [0.5, 0.6) is 0 Å². The molecule has 2 aliphatic rings. The van der Waals surface area contributed by atoms with E-state index in [9.17, 15) is 13.2 Å². The first kappa shape index (κ1) is 21.0. The van der Waals surface area contributed by atoms with E-state index in [0.717, 1.165) is 25.8 Å². The molecule has 1 amide bonds. The van der Waals surface area contributed by atoms with Crippen molar-refractivity contribution in [1.29, 1.82) is 0 Å². The Morgan fingerprint density at radius 3 is 2.69 bits per heavy atom. The number of carbonyl (C=O) groups excluding carboxylic acids is 1. The lowest BCUT2D eigenvalue weighted by molar-refractivity contribution is -0.118. The SMILES string of the molecule is Cc1cccc2c1N([C@@H]1CCN(c3ccc(S(=O)(=O)Nc4nccs4)cc3)C1=O)CCC2. The number of benzene rings is 2. The normalized spacial score (nSPS) is 18.7. The van der Waals surface area contributed by atoms with Crippen molar-refractivity contribution in [3.05, 3.63) is 65.2 Å². The van der Waals surface area contributed by atoms with Gasteiger partial charge in [0.2, 0.25) is 5.91 Å². The second-order valence-electron chi connectivity index (χ2n) is 8.11. The molecule has 2 aliphatic heterocycles. The van der Waals surface area contributed by atoms with Gasteiger partial charge in [0, 0.05) is 36.0 Å². The summed E-state index contributed by atoms with van der Waals surface area (Å²) in [5.41, 5.74) is 4.43.